The molecule has 2 heterocycles. The molecule has 134 valence electrons. The molecule has 2 aromatic carbocycles. The first kappa shape index (κ1) is 16.8. The Hall–Kier alpha value is -2.60. The number of methoxy groups -OCH3 is 2. The topological polar surface area (TPSA) is 51.7 Å². The Balaban J connectivity index is 1.66. The van der Waals surface area contributed by atoms with E-state index in [0.29, 0.717) is 17.1 Å². The first-order valence-electron chi connectivity index (χ1n) is 8.59. The lowest BCUT2D eigenvalue weighted by Gasteiger charge is -2.23. The summed E-state index contributed by atoms with van der Waals surface area (Å²) < 4.78 is 11.8. The number of rotatable bonds is 4. The number of carbonyl (C=O) groups is 1. The number of thiazole rings is 1. The second-order valence-corrected chi connectivity index (χ2v) is 7.34. The molecule has 6 heteroatoms. The summed E-state index contributed by atoms with van der Waals surface area (Å²) in [6.45, 7) is 0.735. The molecule has 0 unspecified atom stereocenters. The third-order valence-electron chi connectivity index (χ3n) is 4.71. The Morgan fingerprint density at radius 3 is 2.58 bits per heavy atom. The summed E-state index contributed by atoms with van der Waals surface area (Å²) in [6, 6.07) is 13.4. The van der Waals surface area contributed by atoms with Crippen LogP contribution in [-0.4, -0.2) is 36.6 Å². The number of para-hydroxylation sites is 1. The van der Waals surface area contributed by atoms with Gasteiger partial charge in [0.15, 0.2) is 0 Å². The monoisotopic (exact) mass is 368 g/mol. The first-order valence-corrected chi connectivity index (χ1v) is 9.41. The minimum absolute atomic E-state index is 0.0102. The zero-order chi connectivity index (χ0) is 18.1. The van der Waals surface area contributed by atoms with Crippen LogP contribution in [0.1, 0.15) is 34.2 Å². The second-order valence-electron chi connectivity index (χ2n) is 6.28. The van der Waals surface area contributed by atoms with Crippen LogP contribution in [0.2, 0.25) is 0 Å². The molecule has 0 saturated carbocycles. The van der Waals surface area contributed by atoms with Crippen LogP contribution in [0.3, 0.4) is 0 Å². The van der Waals surface area contributed by atoms with Crippen LogP contribution in [0.5, 0.6) is 11.5 Å². The lowest BCUT2D eigenvalue weighted by Crippen LogP contribution is -2.30. The highest BCUT2D eigenvalue weighted by Gasteiger charge is 2.33. The highest BCUT2D eigenvalue weighted by atomic mass is 32.1. The number of amides is 1. The van der Waals surface area contributed by atoms with Gasteiger partial charge in [-0.05, 0) is 37.1 Å². The van der Waals surface area contributed by atoms with Gasteiger partial charge in [0.25, 0.3) is 5.91 Å². The smallest absolute Gasteiger partial charge is 0.254 e. The van der Waals surface area contributed by atoms with Crippen LogP contribution in [-0.2, 0) is 0 Å². The molecule has 1 aliphatic heterocycles. The number of hydrogen-bond acceptors (Lipinski definition) is 5. The van der Waals surface area contributed by atoms with Gasteiger partial charge in [-0.3, -0.25) is 4.79 Å². The van der Waals surface area contributed by atoms with Crippen LogP contribution in [0.25, 0.3) is 10.2 Å². The molecule has 1 amide bonds. The van der Waals surface area contributed by atoms with Gasteiger partial charge in [-0.1, -0.05) is 12.1 Å². The van der Waals surface area contributed by atoms with E-state index in [1.807, 2.05) is 23.1 Å². The van der Waals surface area contributed by atoms with E-state index < -0.39 is 0 Å². The van der Waals surface area contributed by atoms with Crippen molar-refractivity contribution in [3.05, 3.63) is 53.0 Å². The van der Waals surface area contributed by atoms with E-state index in [-0.39, 0.29) is 11.9 Å². The van der Waals surface area contributed by atoms with Gasteiger partial charge in [0.2, 0.25) is 0 Å². The standard InChI is InChI=1S/C20H20N2O3S/c1-24-14-10-13(11-15(12-14)25-2)20(23)22-9-5-7-17(22)19-21-16-6-3-4-8-18(16)26-19/h3-4,6,8,10-12,17H,5,7,9H2,1-2H3/t17-/m1/s1. The molecule has 1 fully saturated rings. The molecule has 0 radical (unpaired) electrons. The average molecular weight is 368 g/mol. The van der Waals surface area contributed by atoms with E-state index in [4.69, 9.17) is 14.5 Å². The summed E-state index contributed by atoms with van der Waals surface area (Å²) in [6.07, 6.45) is 1.92. The molecular weight excluding hydrogens is 348 g/mol. The van der Waals surface area contributed by atoms with Crippen molar-refractivity contribution >= 4 is 27.5 Å². The van der Waals surface area contributed by atoms with Crippen molar-refractivity contribution < 1.29 is 14.3 Å². The summed E-state index contributed by atoms with van der Waals surface area (Å²) in [5.41, 5.74) is 1.57. The van der Waals surface area contributed by atoms with Crippen LogP contribution < -0.4 is 9.47 Å². The third-order valence-corrected chi connectivity index (χ3v) is 5.85. The maximum atomic E-state index is 13.2. The third kappa shape index (κ3) is 3.01. The molecule has 0 N–H and O–H groups in total. The van der Waals surface area contributed by atoms with Gasteiger partial charge in [0, 0.05) is 18.2 Å². The minimum Gasteiger partial charge on any atom is -0.497 e. The Kier molecular flexibility index (Phi) is 4.51. The summed E-state index contributed by atoms with van der Waals surface area (Å²) in [5, 5.41) is 1.01. The van der Waals surface area contributed by atoms with Crippen molar-refractivity contribution in [3.63, 3.8) is 0 Å². The molecule has 5 nitrogen and oxygen atoms in total. The van der Waals surface area contributed by atoms with Crippen molar-refractivity contribution in [1.82, 2.24) is 9.88 Å². The van der Waals surface area contributed by atoms with Crippen LogP contribution >= 0.6 is 11.3 Å². The maximum Gasteiger partial charge on any atom is 0.254 e. The fourth-order valence-corrected chi connectivity index (χ4v) is 4.51. The number of nitrogens with zero attached hydrogens (tertiary/aromatic N) is 2. The average Bonchev–Trinajstić information content (AvgIpc) is 3.33. The summed E-state index contributed by atoms with van der Waals surface area (Å²) in [7, 11) is 3.17. The lowest BCUT2D eigenvalue weighted by atomic mass is 10.1. The van der Waals surface area contributed by atoms with E-state index in [9.17, 15) is 4.79 Å². The molecule has 0 aliphatic carbocycles. The van der Waals surface area contributed by atoms with Crippen molar-refractivity contribution in [2.24, 2.45) is 0 Å². The van der Waals surface area contributed by atoms with E-state index in [2.05, 4.69) is 6.07 Å². The van der Waals surface area contributed by atoms with E-state index in [1.165, 1.54) is 0 Å². The molecule has 1 aliphatic rings. The van der Waals surface area contributed by atoms with E-state index in [0.717, 1.165) is 34.6 Å². The zero-order valence-electron chi connectivity index (χ0n) is 14.8. The summed E-state index contributed by atoms with van der Waals surface area (Å²) >= 11 is 1.67. The number of hydrogen-bond donors (Lipinski definition) is 0. The predicted molar refractivity (Wildman–Crippen MR) is 102 cm³/mol. The number of ether oxygens (including phenoxy) is 2. The maximum absolute atomic E-state index is 13.2. The number of aromatic nitrogens is 1. The molecule has 4 rings (SSSR count). The predicted octanol–water partition coefficient (Wildman–Crippen LogP) is 4.29. The summed E-state index contributed by atoms with van der Waals surface area (Å²) in [4.78, 5) is 19.9. The highest BCUT2D eigenvalue weighted by Crippen LogP contribution is 2.37. The molecule has 0 bridgehead atoms. The number of carbonyl (C=O) groups excluding carboxylic acids is 1. The zero-order valence-corrected chi connectivity index (χ0v) is 15.6. The molecule has 1 aromatic heterocycles. The molecule has 3 aromatic rings. The number of benzene rings is 2. The normalized spacial score (nSPS) is 16.8. The largest absolute Gasteiger partial charge is 0.497 e. The van der Waals surface area contributed by atoms with E-state index >= 15 is 0 Å². The van der Waals surface area contributed by atoms with Gasteiger partial charge < -0.3 is 14.4 Å². The van der Waals surface area contributed by atoms with Crippen molar-refractivity contribution in [3.8, 4) is 11.5 Å². The highest BCUT2D eigenvalue weighted by molar-refractivity contribution is 7.18. The first-order chi connectivity index (χ1) is 12.7. The van der Waals surface area contributed by atoms with Crippen molar-refractivity contribution in [1.29, 1.82) is 0 Å². The van der Waals surface area contributed by atoms with Crippen molar-refractivity contribution in [2.75, 3.05) is 20.8 Å². The van der Waals surface area contributed by atoms with Crippen molar-refractivity contribution in [2.45, 2.75) is 18.9 Å². The van der Waals surface area contributed by atoms with Crippen LogP contribution in [0.15, 0.2) is 42.5 Å². The molecule has 26 heavy (non-hydrogen) atoms. The molecule has 0 spiro atoms. The fourth-order valence-electron chi connectivity index (χ4n) is 3.40. The number of likely N-dealkylation sites (tertiary alicyclic amines) is 1. The minimum atomic E-state index is -0.0102. The van der Waals surface area contributed by atoms with E-state index in [1.54, 1.807) is 43.8 Å². The van der Waals surface area contributed by atoms with Gasteiger partial charge >= 0.3 is 0 Å². The SMILES string of the molecule is COc1cc(OC)cc(C(=O)N2CCC[C@@H]2c2nc3ccccc3s2)c1. The second kappa shape index (κ2) is 6.96. The van der Waals surface area contributed by atoms with Gasteiger partial charge in [-0.15, -0.1) is 11.3 Å². The molecule has 1 atom stereocenters. The molecular formula is C20H20N2O3S. The van der Waals surface area contributed by atoms with Gasteiger partial charge in [0.1, 0.15) is 16.5 Å². The quantitative estimate of drug-likeness (QED) is 0.689. The lowest BCUT2D eigenvalue weighted by molar-refractivity contribution is 0.0735. The van der Waals surface area contributed by atoms with Crippen LogP contribution in [0, 0.1) is 0 Å². The summed E-state index contributed by atoms with van der Waals surface area (Å²) in [5.74, 6) is 1.22. The Labute approximate surface area is 156 Å². The van der Waals surface area contributed by atoms with Crippen LogP contribution in [0.4, 0.5) is 0 Å². The van der Waals surface area contributed by atoms with Gasteiger partial charge in [0.05, 0.1) is 30.5 Å². The van der Waals surface area contributed by atoms with Gasteiger partial charge in [-0.2, -0.15) is 0 Å². The number of fused-ring (bicyclic) bond motifs is 1. The Morgan fingerprint density at radius 2 is 1.88 bits per heavy atom. The molecule has 1 saturated heterocycles. The Morgan fingerprint density at radius 1 is 1.15 bits per heavy atom. The fraction of sp³-hybridized carbons (Fsp3) is 0.300. The van der Waals surface area contributed by atoms with Gasteiger partial charge in [-0.25, -0.2) is 4.98 Å². The Bertz CT molecular complexity index is 898.